The third kappa shape index (κ3) is 5.51. The smallest absolute Gasteiger partial charge is 0.326 e. The van der Waals surface area contributed by atoms with Crippen LogP contribution in [0.1, 0.15) is 33.6 Å². The monoisotopic (exact) mass is 260 g/mol. The van der Waals surface area contributed by atoms with Crippen molar-refractivity contribution < 1.29 is 24.6 Å². The summed E-state index contributed by atoms with van der Waals surface area (Å²) >= 11 is 0. The fourth-order valence-electron chi connectivity index (χ4n) is 1.50. The molecule has 1 unspecified atom stereocenters. The van der Waals surface area contributed by atoms with E-state index in [1.807, 2.05) is 13.8 Å². The van der Waals surface area contributed by atoms with Crippen molar-refractivity contribution >= 4 is 18.0 Å². The molecule has 0 aromatic rings. The first-order valence-corrected chi connectivity index (χ1v) is 5.81. The van der Waals surface area contributed by atoms with Crippen LogP contribution >= 0.6 is 0 Å². The summed E-state index contributed by atoms with van der Waals surface area (Å²) in [6, 6.07) is -1.73. The zero-order valence-corrected chi connectivity index (χ0v) is 10.8. The molecule has 0 spiro atoms. The van der Waals surface area contributed by atoms with Crippen LogP contribution in [0.25, 0.3) is 0 Å². The summed E-state index contributed by atoms with van der Waals surface area (Å²) in [5.74, 6) is -2.32. The molecule has 1 atom stereocenters. The van der Waals surface area contributed by atoms with E-state index in [1.165, 1.54) is 4.90 Å². The first-order valence-electron chi connectivity index (χ1n) is 5.81. The molecule has 0 aliphatic rings. The van der Waals surface area contributed by atoms with Crippen molar-refractivity contribution in [3.05, 3.63) is 0 Å². The SMILES string of the molecule is CCN(C(=O)NC(CCC(=O)O)C(=O)O)C(C)C. The van der Waals surface area contributed by atoms with Gasteiger partial charge in [0.15, 0.2) is 0 Å². The zero-order chi connectivity index (χ0) is 14.3. The van der Waals surface area contributed by atoms with E-state index in [9.17, 15) is 14.4 Å². The maximum atomic E-state index is 11.8. The molecular formula is C11H20N2O5. The van der Waals surface area contributed by atoms with Crippen LogP contribution in [0.3, 0.4) is 0 Å². The number of rotatable bonds is 7. The average molecular weight is 260 g/mol. The van der Waals surface area contributed by atoms with Crippen molar-refractivity contribution in [3.63, 3.8) is 0 Å². The lowest BCUT2D eigenvalue weighted by molar-refractivity contribution is -0.140. The van der Waals surface area contributed by atoms with Crippen LogP contribution in [-0.4, -0.2) is 51.7 Å². The maximum Gasteiger partial charge on any atom is 0.326 e. The summed E-state index contributed by atoms with van der Waals surface area (Å²) in [4.78, 5) is 34.5. The molecule has 0 aliphatic carbocycles. The lowest BCUT2D eigenvalue weighted by Gasteiger charge is -2.27. The van der Waals surface area contributed by atoms with Gasteiger partial charge in [0.05, 0.1) is 0 Å². The molecule has 0 heterocycles. The van der Waals surface area contributed by atoms with E-state index in [1.54, 1.807) is 6.92 Å². The number of hydrogen-bond acceptors (Lipinski definition) is 3. The second kappa shape index (κ2) is 7.52. The Morgan fingerprint density at radius 1 is 1.22 bits per heavy atom. The van der Waals surface area contributed by atoms with Crippen LogP contribution in [0, 0.1) is 0 Å². The van der Waals surface area contributed by atoms with Crippen molar-refractivity contribution in [2.75, 3.05) is 6.54 Å². The van der Waals surface area contributed by atoms with Crippen molar-refractivity contribution in [1.82, 2.24) is 10.2 Å². The van der Waals surface area contributed by atoms with Crippen LogP contribution in [-0.2, 0) is 9.59 Å². The second-order valence-corrected chi connectivity index (χ2v) is 4.15. The quantitative estimate of drug-likeness (QED) is 0.626. The van der Waals surface area contributed by atoms with Crippen molar-refractivity contribution in [2.24, 2.45) is 0 Å². The Morgan fingerprint density at radius 2 is 1.78 bits per heavy atom. The Hall–Kier alpha value is -1.79. The molecule has 0 fully saturated rings. The number of carbonyl (C=O) groups is 3. The Kier molecular flexibility index (Phi) is 6.77. The fraction of sp³-hybridized carbons (Fsp3) is 0.727. The molecule has 0 aromatic heterocycles. The molecule has 0 saturated carbocycles. The molecule has 0 bridgehead atoms. The lowest BCUT2D eigenvalue weighted by Crippen LogP contribution is -2.50. The largest absolute Gasteiger partial charge is 0.481 e. The van der Waals surface area contributed by atoms with Gasteiger partial charge in [0.25, 0.3) is 0 Å². The highest BCUT2D eigenvalue weighted by atomic mass is 16.4. The van der Waals surface area contributed by atoms with Crippen molar-refractivity contribution in [2.45, 2.75) is 45.7 Å². The summed E-state index contributed by atoms with van der Waals surface area (Å²) in [5.41, 5.74) is 0. The van der Waals surface area contributed by atoms with E-state index in [-0.39, 0.29) is 18.9 Å². The molecule has 7 nitrogen and oxygen atoms in total. The number of nitrogens with one attached hydrogen (secondary N) is 1. The fourth-order valence-corrected chi connectivity index (χ4v) is 1.50. The molecule has 104 valence electrons. The van der Waals surface area contributed by atoms with E-state index in [4.69, 9.17) is 10.2 Å². The summed E-state index contributed by atoms with van der Waals surface area (Å²) in [7, 11) is 0. The molecule has 3 N–H and O–H groups in total. The van der Waals surface area contributed by atoms with Gasteiger partial charge >= 0.3 is 18.0 Å². The third-order valence-corrected chi connectivity index (χ3v) is 2.47. The predicted octanol–water partition coefficient (Wildman–Crippen LogP) is 0.744. The number of hydrogen-bond donors (Lipinski definition) is 3. The van der Waals surface area contributed by atoms with Crippen LogP contribution in [0.5, 0.6) is 0 Å². The van der Waals surface area contributed by atoms with Gasteiger partial charge in [-0.15, -0.1) is 0 Å². The number of urea groups is 1. The normalized spacial score (nSPS) is 12.0. The Bertz CT molecular complexity index is 317. The number of nitrogens with zero attached hydrogens (tertiary/aromatic N) is 1. The van der Waals surface area contributed by atoms with Crippen LogP contribution in [0.2, 0.25) is 0 Å². The topological polar surface area (TPSA) is 107 Å². The predicted molar refractivity (Wildman–Crippen MR) is 64.3 cm³/mol. The van der Waals surface area contributed by atoms with Crippen LogP contribution < -0.4 is 5.32 Å². The van der Waals surface area contributed by atoms with Gasteiger partial charge in [-0.1, -0.05) is 0 Å². The molecule has 18 heavy (non-hydrogen) atoms. The highest BCUT2D eigenvalue weighted by molar-refractivity contribution is 5.83. The van der Waals surface area contributed by atoms with Gasteiger partial charge in [0.2, 0.25) is 0 Å². The number of amides is 2. The maximum absolute atomic E-state index is 11.8. The minimum atomic E-state index is -1.23. The van der Waals surface area contributed by atoms with E-state index in [0.717, 1.165) is 0 Å². The first-order chi connectivity index (χ1) is 8.29. The van der Waals surface area contributed by atoms with Gasteiger partial charge in [-0.3, -0.25) is 4.79 Å². The molecule has 0 aliphatic heterocycles. The number of carboxylic acid groups (broad SMARTS) is 2. The Labute approximate surface area is 106 Å². The summed E-state index contributed by atoms with van der Waals surface area (Å²) in [6.07, 6.45) is -0.433. The number of aliphatic carboxylic acids is 2. The van der Waals surface area contributed by atoms with Gasteiger partial charge in [-0.05, 0) is 27.2 Å². The van der Waals surface area contributed by atoms with E-state index in [2.05, 4.69) is 5.32 Å². The highest BCUT2D eigenvalue weighted by Crippen LogP contribution is 2.02. The number of carboxylic acids is 2. The molecule has 0 aromatic carbocycles. The molecule has 0 radical (unpaired) electrons. The van der Waals surface area contributed by atoms with Gasteiger partial charge in [0, 0.05) is 19.0 Å². The van der Waals surface area contributed by atoms with E-state index < -0.39 is 24.0 Å². The summed E-state index contributed by atoms with van der Waals surface area (Å²) < 4.78 is 0. The average Bonchev–Trinajstić information content (AvgIpc) is 2.23. The minimum Gasteiger partial charge on any atom is -0.481 e. The Morgan fingerprint density at radius 3 is 2.11 bits per heavy atom. The lowest BCUT2D eigenvalue weighted by atomic mass is 10.1. The molecule has 2 amide bonds. The van der Waals surface area contributed by atoms with E-state index in [0.29, 0.717) is 6.54 Å². The van der Waals surface area contributed by atoms with Gasteiger partial charge in [0.1, 0.15) is 6.04 Å². The van der Waals surface area contributed by atoms with E-state index >= 15 is 0 Å². The standard InChI is InChI=1S/C11H20N2O5/c1-4-13(7(2)3)11(18)12-8(10(16)17)5-6-9(14)15/h7-8H,4-6H2,1-3H3,(H,12,18)(H,14,15)(H,16,17). The Balaban J connectivity index is 4.53. The zero-order valence-electron chi connectivity index (χ0n) is 10.8. The minimum absolute atomic E-state index is 0.0519. The van der Waals surface area contributed by atoms with Crippen molar-refractivity contribution in [3.8, 4) is 0 Å². The number of carbonyl (C=O) groups excluding carboxylic acids is 1. The van der Waals surface area contributed by atoms with Gasteiger partial charge < -0.3 is 20.4 Å². The highest BCUT2D eigenvalue weighted by Gasteiger charge is 2.24. The second-order valence-electron chi connectivity index (χ2n) is 4.15. The van der Waals surface area contributed by atoms with Crippen LogP contribution in [0.4, 0.5) is 4.79 Å². The summed E-state index contributed by atoms with van der Waals surface area (Å²) in [6.45, 7) is 5.87. The van der Waals surface area contributed by atoms with Crippen LogP contribution in [0.15, 0.2) is 0 Å². The first kappa shape index (κ1) is 16.2. The molecular weight excluding hydrogens is 240 g/mol. The van der Waals surface area contributed by atoms with Gasteiger partial charge in [-0.2, -0.15) is 0 Å². The molecule has 0 saturated heterocycles. The molecule has 0 rings (SSSR count). The van der Waals surface area contributed by atoms with Crippen molar-refractivity contribution in [1.29, 1.82) is 0 Å². The summed E-state index contributed by atoms with van der Waals surface area (Å²) in [5, 5.41) is 19.7. The van der Waals surface area contributed by atoms with Gasteiger partial charge in [-0.25, -0.2) is 9.59 Å². The third-order valence-electron chi connectivity index (χ3n) is 2.47. The molecule has 7 heteroatoms.